The predicted molar refractivity (Wildman–Crippen MR) is 83.3 cm³/mol. The van der Waals surface area contributed by atoms with E-state index < -0.39 is 4.92 Å². The minimum atomic E-state index is -0.398. The Balaban J connectivity index is 2.27. The van der Waals surface area contributed by atoms with Crippen molar-refractivity contribution in [3.8, 4) is 0 Å². The van der Waals surface area contributed by atoms with E-state index in [2.05, 4.69) is 34.6 Å². The molecule has 1 fully saturated rings. The topological polar surface area (TPSA) is 83.3 Å². The van der Waals surface area contributed by atoms with Crippen LogP contribution >= 0.6 is 0 Å². The molecule has 0 radical (unpaired) electrons. The molecule has 0 saturated carbocycles. The van der Waals surface area contributed by atoms with Crippen molar-refractivity contribution < 1.29 is 4.92 Å². The normalized spacial score (nSPS) is 22.8. The molecule has 0 aliphatic carbocycles. The highest BCUT2D eigenvalue weighted by Crippen LogP contribution is 2.28. The molecule has 1 aliphatic heterocycles. The Morgan fingerprint density at radius 1 is 1.38 bits per heavy atom. The molecule has 0 bridgehead atoms. The van der Waals surface area contributed by atoms with Crippen molar-refractivity contribution in [2.24, 2.45) is 0 Å². The Morgan fingerprint density at radius 3 is 2.62 bits per heavy atom. The van der Waals surface area contributed by atoms with Crippen LogP contribution in [0.15, 0.2) is 12.1 Å². The lowest BCUT2D eigenvalue weighted by molar-refractivity contribution is -0.384. The molecule has 116 valence electrons. The maximum absolute atomic E-state index is 11.2. The first kappa shape index (κ1) is 15.5. The van der Waals surface area contributed by atoms with Gasteiger partial charge in [-0.05, 0) is 39.7 Å². The molecule has 2 atom stereocenters. The van der Waals surface area contributed by atoms with Gasteiger partial charge in [0.15, 0.2) is 0 Å². The highest BCUT2D eigenvalue weighted by molar-refractivity contribution is 5.59. The predicted octanol–water partition coefficient (Wildman–Crippen LogP) is 3.01. The van der Waals surface area contributed by atoms with Gasteiger partial charge in [0.25, 0.3) is 0 Å². The Bertz CT molecular complexity index is 498. The fraction of sp³-hybridized carbons (Fsp3) is 0.643. The Morgan fingerprint density at radius 2 is 2.05 bits per heavy atom. The number of hydrogen-bond donors (Lipinski definition) is 2. The number of nitro groups is 1. The van der Waals surface area contributed by atoms with Crippen LogP contribution in [0.1, 0.15) is 40.0 Å². The summed E-state index contributed by atoms with van der Waals surface area (Å²) < 4.78 is 0. The molecule has 2 heterocycles. The molecular weight excluding hydrogens is 270 g/mol. The van der Waals surface area contributed by atoms with Crippen molar-refractivity contribution in [2.75, 3.05) is 17.3 Å². The van der Waals surface area contributed by atoms with E-state index in [9.17, 15) is 10.1 Å². The minimum Gasteiger partial charge on any atom is -0.370 e. The van der Waals surface area contributed by atoms with Crippen LogP contribution in [0.2, 0.25) is 0 Å². The van der Waals surface area contributed by atoms with Crippen molar-refractivity contribution in [2.45, 2.75) is 52.1 Å². The van der Waals surface area contributed by atoms with Crippen molar-refractivity contribution >= 4 is 17.3 Å². The molecule has 0 amide bonds. The van der Waals surface area contributed by atoms with Crippen LogP contribution < -0.4 is 10.7 Å². The summed E-state index contributed by atoms with van der Waals surface area (Å²) in [6.45, 7) is 6.94. The fourth-order valence-corrected chi connectivity index (χ4v) is 2.72. The van der Waals surface area contributed by atoms with E-state index in [-0.39, 0.29) is 5.69 Å². The van der Waals surface area contributed by atoms with Gasteiger partial charge in [0.2, 0.25) is 5.82 Å². The van der Waals surface area contributed by atoms with Crippen LogP contribution in [-0.2, 0) is 0 Å². The minimum absolute atomic E-state index is 0.00151. The summed E-state index contributed by atoms with van der Waals surface area (Å²) in [5, 5.41) is 16.3. The summed E-state index contributed by atoms with van der Waals surface area (Å²) >= 11 is 0. The Kier molecular flexibility index (Phi) is 4.95. The molecular formula is C14H23N5O2. The third-order valence-corrected chi connectivity index (χ3v) is 3.86. The van der Waals surface area contributed by atoms with E-state index in [1.165, 1.54) is 12.5 Å². The van der Waals surface area contributed by atoms with Gasteiger partial charge in [-0.1, -0.05) is 6.42 Å². The lowest BCUT2D eigenvalue weighted by atomic mass is 10.00. The highest BCUT2D eigenvalue weighted by atomic mass is 16.6. The molecule has 1 aromatic rings. The standard InChI is InChI=1S/C14H23N5O2/c1-4-15-13-9-8-12(19(20)21)14(16-13)17-18-10(2)6-5-7-11(18)3/h8-11H,4-7H2,1-3H3,(H2,15,16,17). The number of rotatable bonds is 5. The zero-order chi connectivity index (χ0) is 15.4. The molecule has 2 rings (SSSR count). The fourth-order valence-electron chi connectivity index (χ4n) is 2.72. The van der Waals surface area contributed by atoms with Crippen LogP contribution in [0.4, 0.5) is 17.3 Å². The second kappa shape index (κ2) is 6.71. The van der Waals surface area contributed by atoms with Crippen molar-refractivity contribution in [3.63, 3.8) is 0 Å². The van der Waals surface area contributed by atoms with E-state index in [1.54, 1.807) is 6.07 Å². The zero-order valence-corrected chi connectivity index (χ0v) is 12.8. The van der Waals surface area contributed by atoms with Crippen LogP contribution in [-0.4, -0.2) is 33.5 Å². The van der Waals surface area contributed by atoms with Crippen LogP contribution in [0.3, 0.4) is 0 Å². The summed E-state index contributed by atoms with van der Waals surface area (Å²) in [4.78, 5) is 15.1. The smallest absolute Gasteiger partial charge is 0.312 e. The highest BCUT2D eigenvalue weighted by Gasteiger charge is 2.27. The molecule has 7 heteroatoms. The molecule has 2 N–H and O–H groups in total. The number of piperidine rings is 1. The SMILES string of the molecule is CCNc1ccc([N+](=O)[O-])c(NN2C(C)CCCC2C)n1. The van der Waals surface area contributed by atoms with Gasteiger partial charge >= 0.3 is 5.69 Å². The molecule has 7 nitrogen and oxygen atoms in total. The van der Waals surface area contributed by atoms with E-state index in [1.807, 2.05) is 6.92 Å². The number of hydrazine groups is 1. The molecule has 2 unspecified atom stereocenters. The second-order valence-electron chi connectivity index (χ2n) is 5.50. The van der Waals surface area contributed by atoms with Gasteiger partial charge in [-0.25, -0.2) is 9.99 Å². The molecule has 21 heavy (non-hydrogen) atoms. The molecule has 1 saturated heterocycles. The Labute approximate surface area is 124 Å². The molecule has 0 spiro atoms. The number of aromatic nitrogens is 1. The maximum Gasteiger partial charge on any atom is 0.312 e. The molecule has 1 aromatic heterocycles. The second-order valence-corrected chi connectivity index (χ2v) is 5.50. The van der Waals surface area contributed by atoms with Crippen LogP contribution in [0.25, 0.3) is 0 Å². The third kappa shape index (κ3) is 3.60. The van der Waals surface area contributed by atoms with Gasteiger partial charge in [0.05, 0.1) is 4.92 Å². The first-order chi connectivity index (χ1) is 10.0. The quantitative estimate of drug-likeness (QED) is 0.641. The Hall–Kier alpha value is -1.89. The number of pyridine rings is 1. The summed E-state index contributed by atoms with van der Waals surface area (Å²) in [5.41, 5.74) is 3.17. The first-order valence-electron chi connectivity index (χ1n) is 7.47. The summed E-state index contributed by atoms with van der Waals surface area (Å²) in [6.07, 6.45) is 3.35. The monoisotopic (exact) mass is 293 g/mol. The van der Waals surface area contributed by atoms with E-state index >= 15 is 0 Å². The lowest BCUT2D eigenvalue weighted by Crippen LogP contribution is -2.47. The third-order valence-electron chi connectivity index (χ3n) is 3.86. The van der Waals surface area contributed by atoms with Gasteiger partial charge in [0, 0.05) is 24.7 Å². The summed E-state index contributed by atoms with van der Waals surface area (Å²) in [5.74, 6) is 0.946. The van der Waals surface area contributed by atoms with Gasteiger partial charge in [-0.3, -0.25) is 15.5 Å². The number of hydrogen-bond acceptors (Lipinski definition) is 6. The van der Waals surface area contributed by atoms with Crippen LogP contribution in [0, 0.1) is 10.1 Å². The molecule has 1 aliphatic rings. The van der Waals surface area contributed by atoms with E-state index in [0.717, 1.165) is 19.4 Å². The van der Waals surface area contributed by atoms with Crippen molar-refractivity contribution in [3.05, 3.63) is 22.2 Å². The van der Waals surface area contributed by atoms with Crippen LogP contribution in [0.5, 0.6) is 0 Å². The van der Waals surface area contributed by atoms with E-state index in [4.69, 9.17) is 0 Å². The average molecular weight is 293 g/mol. The summed E-state index contributed by atoms with van der Waals surface area (Å²) in [6, 6.07) is 3.79. The number of nitrogens with one attached hydrogen (secondary N) is 2. The first-order valence-corrected chi connectivity index (χ1v) is 7.47. The van der Waals surface area contributed by atoms with Crippen molar-refractivity contribution in [1.29, 1.82) is 0 Å². The largest absolute Gasteiger partial charge is 0.370 e. The number of anilines is 2. The van der Waals surface area contributed by atoms with Crippen molar-refractivity contribution in [1.82, 2.24) is 9.99 Å². The number of nitrogens with zero attached hydrogens (tertiary/aromatic N) is 3. The van der Waals surface area contributed by atoms with Gasteiger partial charge in [0.1, 0.15) is 5.82 Å². The lowest BCUT2D eigenvalue weighted by Gasteiger charge is -2.38. The zero-order valence-electron chi connectivity index (χ0n) is 12.8. The van der Waals surface area contributed by atoms with Gasteiger partial charge < -0.3 is 5.32 Å². The molecule has 0 aromatic carbocycles. The summed E-state index contributed by atoms with van der Waals surface area (Å²) in [7, 11) is 0. The van der Waals surface area contributed by atoms with Gasteiger partial charge in [-0.2, -0.15) is 0 Å². The maximum atomic E-state index is 11.2. The van der Waals surface area contributed by atoms with E-state index in [0.29, 0.717) is 23.7 Å². The van der Waals surface area contributed by atoms with Gasteiger partial charge in [-0.15, -0.1) is 0 Å². The average Bonchev–Trinajstić information content (AvgIpc) is 2.43.